The molecule has 0 radical (unpaired) electrons. The molecule has 3 N–H and O–H groups in total. The minimum absolute atomic E-state index is 0.672. The molecule has 18 heavy (non-hydrogen) atoms. The summed E-state index contributed by atoms with van der Waals surface area (Å²) >= 11 is 0. The Morgan fingerprint density at radius 1 is 1.33 bits per heavy atom. The molecule has 1 saturated heterocycles. The lowest BCUT2D eigenvalue weighted by atomic mass is 10.1. The summed E-state index contributed by atoms with van der Waals surface area (Å²) in [5, 5.41) is 3.48. The highest BCUT2D eigenvalue weighted by Gasteiger charge is 2.14. The van der Waals surface area contributed by atoms with Gasteiger partial charge in [0.15, 0.2) is 0 Å². The zero-order valence-electron chi connectivity index (χ0n) is 11.6. The van der Waals surface area contributed by atoms with E-state index < -0.39 is 0 Å². The Bertz CT molecular complexity index is 383. The van der Waals surface area contributed by atoms with Gasteiger partial charge in [-0.3, -0.25) is 0 Å². The molecule has 1 atom stereocenters. The van der Waals surface area contributed by atoms with Gasteiger partial charge in [0, 0.05) is 24.5 Å². The van der Waals surface area contributed by atoms with Gasteiger partial charge in [0.05, 0.1) is 0 Å². The highest BCUT2D eigenvalue weighted by Crippen LogP contribution is 2.17. The van der Waals surface area contributed by atoms with Crippen molar-refractivity contribution >= 4 is 11.4 Å². The van der Waals surface area contributed by atoms with Crippen LogP contribution in [0.5, 0.6) is 0 Å². The van der Waals surface area contributed by atoms with E-state index in [4.69, 9.17) is 5.73 Å². The average molecular weight is 247 g/mol. The van der Waals surface area contributed by atoms with Crippen LogP contribution in [-0.2, 0) is 0 Å². The van der Waals surface area contributed by atoms with Crippen molar-refractivity contribution < 1.29 is 0 Å². The lowest BCUT2D eigenvalue weighted by molar-refractivity contribution is 0.294. The molecule has 1 aromatic carbocycles. The monoisotopic (exact) mass is 247 g/mol. The van der Waals surface area contributed by atoms with Crippen LogP contribution in [0, 0.1) is 12.8 Å². The van der Waals surface area contributed by atoms with Crippen molar-refractivity contribution in [2.75, 3.05) is 37.2 Å². The summed E-state index contributed by atoms with van der Waals surface area (Å²) < 4.78 is 0. The van der Waals surface area contributed by atoms with E-state index in [9.17, 15) is 0 Å². The van der Waals surface area contributed by atoms with Crippen LogP contribution in [-0.4, -0.2) is 31.1 Å². The smallest absolute Gasteiger partial charge is 0.0364 e. The maximum Gasteiger partial charge on any atom is 0.0364 e. The maximum absolute atomic E-state index is 5.91. The Morgan fingerprint density at radius 2 is 2.06 bits per heavy atom. The second-order valence-electron chi connectivity index (χ2n) is 5.57. The van der Waals surface area contributed by atoms with Crippen molar-refractivity contribution in [2.45, 2.75) is 26.7 Å². The Kier molecular flexibility index (Phi) is 4.48. The molecular formula is C15H25N3. The summed E-state index contributed by atoms with van der Waals surface area (Å²) in [5.74, 6) is 0.672. The summed E-state index contributed by atoms with van der Waals surface area (Å²) in [6, 6.07) is 6.20. The Balaban J connectivity index is 1.77. The van der Waals surface area contributed by atoms with Gasteiger partial charge < -0.3 is 16.0 Å². The number of hydrogen-bond acceptors (Lipinski definition) is 3. The Morgan fingerprint density at radius 3 is 2.72 bits per heavy atom. The fourth-order valence-electron chi connectivity index (χ4n) is 2.51. The number of likely N-dealkylation sites (tertiary alicyclic amines) is 1. The summed E-state index contributed by atoms with van der Waals surface area (Å²) in [5.41, 5.74) is 9.05. The van der Waals surface area contributed by atoms with Crippen molar-refractivity contribution in [3.8, 4) is 0 Å². The molecule has 0 amide bonds. The third kappa shape index (κ3) is 3.64. The Labute approximate surface area is 110 Å². The zero-order valence-corrected chi connectivity index (χ0v) is 11.6. The van der Waals surface area contributed by atoms with Gasteiger partial charge in [0.1, 0.15) is 0 Å². The lowest BCUT2D eigenvalue weighted by Crippen LogP contribution is -2.28. The van der Waals surface area contributed by atoms with Crippen LogP contribution in [0.1, 0.15) is 25.3 Å². The van der Waals surface area contributed by atoms with Gasteiger partial charge in [0.2, 0.25) is 0 Å². The largest absolute Gasteiger partial charge is 0.398 e. The van der Waals surface area contributed by atoms with Gasteiger partial charge in [-0.25, -0.2) is 0 Å². The zero-order chi connectivity index (χ0) is 13.0. The van der Waals surface area contributed by atoms with E-state index in [0.717, 1.165) is 23.5 Å². The molecule has 0 aliphatic carbocycles. The van der Waals surface area contributed by atoms with E-state index in [2.05, 4.69) is 29.3 Å². The number of nitrogen functional groups attached to an aromatic ring is 1. The molecule has 1 aromatic rings. The fourth-order valence-corrected chi connectivity index (χ4v) is 2.51. The minimum Gasteiger partial charge on any atom is -0.398 e. The van der Waals surface area contributed by atoms with Gasteiger partial charge >= 0.3 is 0 Å². The molecule has 0 spiro atoms. The molecule has 1 fully saturated rings. The fraction of sp³-hybridized carbons (Fsp3) is 0.600. The summed E-state index contributed by atoms with van der Waals surface area (Å²) in [6.07, 6.45) is 2.74. The molecule has 1 unspecified atom stereocenters. The lowest BCUT2D eigenvalue weighted by Gasteiger charge is -2.21. The van der Waals surface area contributed by atoms with Crippen molar-refractivity contribution in [1.82, 2.24) is 4.90 Å². The third-order valence-corrected chi connectivity index (χ3v) is 3.70. The summed E-state index contributed by atoms with van der Waals surface area (Å²) in [6.45, 7) is 9.12. The first-order chi connectivity index (χ1) is 8.65. The van der Waals surface area contributed by atoms with Crippen LogP contribution in [0.2, 0.25) is 0 Å². The molecule has 0 saturated carbocycles. The molecule has 1 aliphatic heterocycles. The average Bonchev–Trinajstić information content (AvgIpc) is 2.83. The van der Waals surface area contributed by atoms with Crippen molar-refractivity contribution in [3.05, 3.63) is 23.8 Å². The van der Waals surface area contributed by atoms with Crippen LogP contribution >= 0.6 is 0 Å². The highest BCUT2D eigenvalue weighted by atomic mass is 15.1. The number of nitrogens with zero attached hydrogens (tertiary/aromatic N) is 1. The van der Waals surface area contributed by atoms with E-state index in [1.165, 1.54) is 32.5 Å². The number of nitrogens with one attached hydrogen (secondary N) is 1. The van der Waals surface area contributed by atoms with E-state index in [0.29, 0.717) is 5.92 Å². The number of hydrogen-bond donors (Lipinski definition) is 2. The maximum atomic E-state index is 5.91. The van der Waals surface area contributed by atoms with Crippen LogP contribution in [0.15, 0.2) is 18.2 Å². The first-order valence-corrected chi connectivity index (χ1v) is 6.97. The Hall–Kier alpha value is -1.22. The number of aryl methyl sites for hydroxylation is 1. The van der Waals surface area contributed by atoms with E-state index in [-0.39, 0.29) is 0 Å². The second-order valence-corrected chi connectivity index (χ2v) is 5.57. The van der Waals surface area contributed by atoms with Crippen molar-refractivity contribution in [1.29, 1.82) is 0 Å². The second kappa shape index (κ2) is 6.10. The van der Waals surface area contributed by atoms with Gasteiger partial charge in [0.25, 0.3) is 0 Å². The molecule has 3 heteroatoms. The van der Waals surface area contributed by atoms with Crippen LogP contribution in [0.25, 0.3) is 0 Å². The first kappa shape index (κ1) is 13.2. The SMILES string of the molecule is Cc1ccc(NCC(C)CN2CCCC2)cc1N. The van der Waals surface area contributed by atoms with Gasteiger partial charge in [-0.15, -0.1) is 0 Å². The third-order valence-electron chi connectivity index (χ3n) is 3.70. The predicted molar refractivity (Wildman–Crippen MR) is 78.9 cm³/mol. The van der Waals surface area contributed by atoms with Crippen LogP contribution in [0.4, 0.5) is 11.4 Å². The molecule has 1 heterocycles. The molecule has 0 bridgehead atoms. The van der Waals surface area contributed by atoms with Crippen LogP contribution in [0.3, 0.4) is 0 Å². The van der Waals surface area contributed by atoms with Crippen LogP contribution < -0.4 is 11.1 Å². The summed E-state index contributed by atoms with van der Waals surface area (Å²) in [7, 11) is 0. The number of anilines is 2. The minimum atomic E-state index is 0.672. The topological polar surface area (TPSA) is 41.3 Å². The first-order valence-electron chi connectivity index (χ1n) is 6.97. The van der Waals surface area contributed by atoms with Gasteiger partial charge in [-0.1, -0.05) is 13.0 Å². The molecule has 1 aliphatic rings. The number of benzene rings is 1. The summed E-state index contributed by atoms with van der Waals surface area (Å²) in [4.78, 5) is 2.57. The standard InChI is InChI=1S/C15H25N3/c1-12(11-18-7-3-4-8-18)10-17-14-6-5-13(2)15(16)9-14/h5-6,9,12,17H,3-4,7-8,10-11,16H2,1-2H3. The number of rotatable bonds is 5. The van der Waals surface area contributed by atoms with E-state index in [1.54, 1.807) is 0 Å². The molecular weight excluding hydrogens is 222 g/mol. The molecule has 100 valence electrons. The molecule has 2 rings (SSSR count). The van der Waals surface area contributed by atoms with Crippen molar-refractivity contribution in [2.24, 2.45) is 5.92 Å². The van der Waals surface area contributed by atoms with E-state index >= 15 is 0 Å². The molecule has 3 nitrogen and oxygen atoms in total. The van der Waals surface area contributed by atoms with Gasteiger partial charge in [-0.05, 0) is 56.5 Å². The normalized spacial score (nSPS) is 17.9. The molecule has 0 aromatic heterocycles. The quantitative estimate of drug-likeness (QED) is 0.786. The van der Waals surface area contributed by atoms with Gasteiger partial charge in [-0.2, -0.15) is 0 Å². The number of nitrogens with two attached hydrogens (primary N) is 1. The van der Waals surface area contributed by atoms with Crippen molar-refractivity contribution in [3.63, 3.8) is 0 Å². The highest BCUT2D eigenvalue weighted by molar-refractivity contribution is 5.58. The van der Waals surface area contributed by atoms with E-state index in [1.807, 2.05) is 13.0 Å². The predicted octanol–water partition coefficient (Wildman–Crippen LogP) is 2.72.